The molecule has 1 heterocycles. The molecule has 1 aromatic carbocycles. The molecule has 0 amide bonds. The van der Waals surface area contributed by atoms with E-state index in [-0.39, 0.29) is 15.9 Å². The molecule has 1 aromatic heterocycles. The highest BCUT2D eigenvalue weighted by Gasteiger charge is 2.19. The molecule has 0 aliphatic carbocycles. The van der Waals surface area contributed by atoms with E-state index in [0.29, 0.717) is 5.75 Å². The van der Waals surface area contributed by atoms with Crippen LogP contribution in [0, 0.1) is 0 Å². The molecule has 0 saturated carbocycles. The van der Waals surface area contributed by atoms with E-state index in [4.69, 9.17) is 16.3 Å². The average Bonchev–Trinajstić information content (AvgIpc) is 2.38. The van der Waals surface area contributed by atoms with Crippen LogP contribution in [0.1, 0.15) is 0 Å². The molecule has 1 N–H and O–H groups in total. The van der Waals surface area contributed by atoms with Crippen LogP contribution in [0.4, 0.5) is 5.95 Å². The van der Waals surface area contributed by atoms with Gasteiger partial charge in [-0.15, -0.1) is 0 Å². The first-order valence-electron chi connectivity index (χ1n) is 5.16. The summed E-state index contributed by atoms with van der Waals surface area (Å²) in [4.78, 5) is 7.50. The lowest BCUT2D eigenvalue weighted by molar-refractivity contribution is 0.414. The fraction of sp³-hybridized carbons (Fsp3) is 0.0909. The van der Waals surface area contributed by atoms with Crippen molar-refractivity contribution >= 4 is 27.6 Å². The second-order valence-electron chi connectivity index (χ2n) is 3.47. The summed E-state index contributed by atoms with van der Waals surface area (Å²) in [7, 11) is -2.36. The molecule has 0 unspecified atom stereocenters. The van der Waals surface area contributed by atoms with Gasteiger partial charge in [0.15, 0.2) is 0 Å². The van der Waals surface area contributed by atoms with Gasteiger partial charge in [0.1, 0.15) is 10.6 Å². The van der Waals surface area contributed by atoms with Crippen molar-refractivity contribution in [1.29, 1.82) is 0 Å². The van der Waals surface area contributed by atoms with Gasteiger partial charge in [0.25, 0.3) is 10.0 Å². The highest BCUT2D eigenvalue weighted by molar-refractivity contribution is 7.92. The molecule has 0 aliphatic rings. The number of methoxy groups -OCH3 is 1. The van der Waals surface area contributed by atoms with Gasteiger partial charge >= 0.3 is 0 Å². The number of ether oxygens (including phenoxy) is 1. The Bertz CT molecular complexity index is 677. The minimum Gasteiger partial charge on any atom is -0.497 e. The highest BCUT2D eigenvalue weighted by atomic mass is 35.5. The van der Waals surface area contributed by atoms with E-state index in [0.717, 1.165) is 0 Å². The zero-order valence-corrected chi connectivity index (χ0v) is 11.4. The van der Waals surface area contributed by atoms with Crippen LogP contribution in [0.25, 0.3) is 0 Å². The monoisotopic (exact) mass is 299 g/mol. The maximum atomic E-state index is 12.1. The lowest BCUT2D eigenvalue weighted by Crippen LogP contribution is -2.15. The first-order valence-corrected chi connectivity index (χ1v) is 7.02. The Kier molecular flexibility index (Phi) is 3.87. The first-order chi connectivity index (χ1) is 9.03. The zero-order valence-electron chi connectivity index (χ0n) is 9.87. The fourth-order valence-corrected chi connectivity index (χ4v) is 2.85. The minimum absolute atomic E-state index is 0.0191. The van der Waals surface area contributed by atoms with Crippen molar-refractivity contribution in [2.75, 3.05) is 11.8 Å². The lowest BCUT2D eigenvalue weighted by atomic mass is 10.3. The standard InChI is InChI=1S/C11H10ClN3O3S/c1-18-8-3-4-10(9(12)7-8)19(16,17)15-11-13-5-2-6-14-11/h2-7H,1H3,(H,13,14,15). The van der Waals surface area contributed by atoms with Gasteiger partial charge in [-0.05, 0) is 18.2 Å². The summed E-state index contributed by atoms with van der Waals surface area (Å²) in [5.74, 6) is 0.453. The lowest BCUT2D eigenvalue weighted by Gasteiger charge is -2.08. The van der Waals surface area contributed by atoms with Crippen LogP contribution in [-0.2, 0) is 10.0 Å². The number of nitrogens with zero attached hydrogens (tertiary/aromatic N) is 2. The Hall–Kier alpha value is -1.86. The largest absolute Gasteiger partial charge is 0.497 e. The Morgan fingerprint density at radius 1 is 1.26 bits per heavy atom. The van der Waals surface area contributed by atoms with Crippen molar-refractivity contribution in [3.05, 3.63) is 41.7 Å². The van der Waals surface area contributed by atoms with Crippen LogP contribution in [0.3, 0.4) is 0 Å². The number of hydrogen-bond donors (Lipinski definition) is 1. The topological polar surface area (TPSA) is 81.2 Å². The molecule has 0 aliphatic heterocycles. The smallest absolute Gasteiger partial charge is 0.265 e. The third-order valence-corrected chi connectivity index (χ3v) is 4.03. The second-order valence-corrected chi connectivity index (χ2v) is 5.53. The molecule has 0 fully saturated rings. The molecule has 0 spiro atoms. The summed E-state index contributed by atoms with van der Waals surface area (Å²) in [5.41, 5.74) is 0. The van der Waals surface area contributed by atoms with Crippen molar-refractivity contribution in [3.8, 4) is 5.75 Å². The summed E-state index contributed by atoms with van der Waals surface area (Å²) in [6.45, 7) is 0. The number of nitrogens with one attached hydrogen (secondary N) is 1. The normalized spacial score (nSPS) is 11.1. The quantitative estimate of drug-likeness (QED) is 0.933. The number of halogens is 1. The Morgan fingerprint density at radius 3 is 2.53 bits per heavy atom. The molecule has 19 heavy (non-hydrogen) atoms. The number of sulfonamides is 1. The van der Waals surface area contributed by atoms with Gasteiger partial charge in [0, 0.05) is 18.5 Å². The molecule has 2 aromatic rings. The summed E-state index contributed by atoms with van der Waals surface area (Å²) in [6.07, 6.45) is 2.86. The first kappa shape index (κ1) is 13.6. The van der Waals surface area contributed by atoms with E-state index >= 15 is 0 Å². The highest BCUT2D eigenvalue weighted by Crippen LogP contribution is 2.26. The van der Waals surface area contributed by atoms with Gasteiger partial charge in [0.05, 0.1) is 12.1 Å². The number of benzene rings is 1. The van der Waals surface area contributed by atoms with Crippen LogP contribution >= 0.6 is 11.6 Å². The third kappa shape index (κ3) is 3.12. The molecule has 100 valence electrons. The Morgan fingerprint density at radius 2 is 1.95 bits per heavy atom. The zero-order chi connectivity index (χ0) is 13.9. The Balaban J connectivity index is 2.35. The Labute approximate surface area is 115 Å². The van der Waals surface area contributed by atoms with Crippen LogP contribution in [0.5, 0.6) is 5.75 Å². The average molecular weight is 300 g/mol. The molecular formula is C11H10ClN3O3S. The van der Waals surface area contributed by atoms with Crippen molar-refractivity contribution in [3.63, 3.8) is 0 Å². The van der Waals surface area contributed by atoms with Crippen LogP contribution in [0.2, 0.25) is 5.02 Å². The van der Waals surface area contributed by atoms with Gasteiger partial charge in [-0.1, -0.05) is 11.6 Å². The van der Waals surface area contributed by atoms with Crippen LogP contribution < -0.4 is 9.46 Å². The molecular weight excluding hydrogens is 290 g/mol. The van der Waals surface area contributed by atoms with E-state index < -0.39 is 10.0 Å². The number of aromatic nitrogens is 2. The molecule has 0 radical (unpaired) electrons. The van der Waals surface area contributed by atoms with Crippen molar-refractivity contribution in [1.82, 2.24) is 9.97 Å². The minimum atomic E-state index is -3.83. The van der Waals surface area contributed by atoms with E-state index in [1.54, 1.807) is 6.07 Å². The van der Waals surface area contributed by atoms with Crippen molar-refractivity contribution < 1.29 is 13.2 Å². The SMILES string of the molecule is COc1ccc(S(=O)(=O)Nc2ncccn2)c(Cl)c1. The third-order valence-electron chi connectivity index (χ3n) is 2.22. The predicted octanol–water partition coefficient (Wildman–Crippen LogP) is 1.94. The maximum absolute atomic E-state index is 12.1. The number of rotatable bonds is 4. The van der Waals surface area contributed by atoms with E-state index in [2.05, 4.69) is 14.7 Å². The van der Waals surface area contributed by atoms with E-state index in [1.807, 2.05) is 0 Å². The second kappa shape index (κ2) is 5.41. The van der Waals surface area contributed by atoms with Crippen LogP contribution in [0.15, 0.2) is 41.6 Å². The van der Waals surface area contributed by atoms with Gasteiger partial charge in [0.2, 0.25) is 5.95 Å². The number of hydrogen-bond acceptors (Lipinski definition) is 5. The van der Waals surface area contributed by atoms with Gasteiger partial charge < -0.3 is 4.74 Å². The predicted molar refractivity (Wildman–Crippen MR) is 70.8 cm³/mol. The van der Waals surface area contributed by atoms with Gasteiger partial charge in [-0.2, -0.15) is 0 Å². The molecule has 6 nitrogen and oxygen atoms in total. The molecule has 8 heteroatoms. The van der Waals surface area contributed by atoms with Crippen molar-refractivity contribution in [2.24, 2.45) is 0 Å². The summed E-state index contributed by atoms with van der Waals surface area (Å²) in [6, 6.07) is 5.86. The van der Waals surface area contributed by atoms with Crippen LogP contribution in [-0.4, -0.2) is 25.5 Å². The summed E-state index contributed by atoms with van der Waals surface area (Å²) in [5, 5.41) is 0.0581. The van der Waals surface area contributed by atoms with Gasteiger partial charge in [-0.25, -0.2) is 23.1 Å². The molecule has 0 saturated heterocycles. The fourth-order valence-electron chi connectivity index (χ4n) is 1.35. The maximum Gasteiger partial charge on any atom is 0.265 e. The number of anilines is 1. The van der Waals surface area contributed by atoms with E-state index in [9.17, 15) is 8.42 Å². The summed E-state index contributed by atoms with van der Waals surface area (Å²) >= 11 is 5.92. The summed E-state index contributed by atoms with van der Waals surface area (Å²) < 4.78 is 31.4. The van der Waals surface area contributed by atoms with Gasteiger partial charge in [-0.3, -0.25) is 0 Å². The van der Waals surface area contributed by atoms with Crippen molar-refractivity contribution in [2.45, 2.75) is 4.90 Å². The molecule has 2 rings (SSSR count). The molecule has 0 bridgehead atoms. The molecule has 0 atom stereocenters. The van der Waals surface area contributed by atoms with E-state index in [1.165, 1.54) is 37.7 Å².